The zero-order valence-electron chi connectivity index (χ0n) is 15.5. The second-order valence-corrected chi connectivity index (χ2v) is 8.23. The molecule has 0 heterocycles. The molecule has 25 heavy (non-hydrogen) atoms. The normalized spacial score (nSPS) is 20.6. The summed E-state index contributed by atoms with van der Waals surface area (Å²) in [6, 6.07) is 18.2. The monoisotopic (exact) mass is 398 g/mol. The summed E-state index contributed by atoms with van der Waals surface area (Å²) in [7, 11) is 0. The van der Waals surface area contributed by atoms with Crippen LogP contribution in [0, 0.1) is 5.92 Å². The molecule has 1 heteroatoms. The first-order valence-corrected chi connectivity index (χ1v) is 11.2. The molecule has 0 amide bonds. The van der Waals surface area contributed by atoms with Gasteiger partial charge in [0.2, 0.25) is 0 Å². The molecule has 0 spiro atoms. The van der Waals surface area contributed by atoms with Crippen LogP contribution in [-0.4, -0.2) is 0 Å². The van der Waals surface area contributed by atoms with E-state index in [2.05, 4.69) is 71.4 Å². The molecule has 134 valence electrons. The van der Waals surface area contributed by atoms with Crippen molar-refractivity contribution < 1.29 is 0 Å². The summed E-state index contributed by atoms with van der Waals surface area (Å²) in [6.45, 7) is 2.30. The highest BCUT2D eigenvalue weighted by atomic mass is 79.9. The predicted molar refractivity (Wildman–Crippen MR) is 113 cm³/mol. The van der Waals surface area contributed by atoms with Gasteiger partial charge in [0.05, 0.1) is 0 Å². The lowest BCUT2D eigenvalue weighted by molar-refractivity contribution is 0.303. The highest BCUT2D eigenvalue weighted by Gasteiger charge is 2.21. The summed E-state index contributed by atoms with van der Waals surface area (Å²) in [4.78, 5) is 0. The molecule has 0 nitrogen and oxygen atoms in total. The number of rotatable bonds is 7. The minimum Gasteiger partial charge on any atom is -0.0876 e. The molecule has 3 rings (SSSR count). The molecule has 1 aliphatic rings. The minimum atomic E-state index is 0.784. The van der Waals surface area contributed by atoms with Gasteiger partial charge in [-0.3, -0.25) is 0 Å². The van der Waals surface area contributed by atoms with Gasteiger partial charge in [-0.25, -0.2) is 0 Å². The zero-order chi connectivity index (χ0) is 17.5. The Kier molecular flexibility index (Phi) is 7.16. The number of halogens is 1. The van der Waals surface area contributed by atoms with Gasteiger partial charge >= 0.3 is 0 Å². The lowest BCUT2D eigenvalue weighted by Gasteiger charge is -2.29. The van der Waals surface area contributed by atoms with E-state index in [1.54, 1.807) is 5.56 Å². The number of benzene rings is 2. The molecule has 0 aromatic heterocycles. The molecule has 0 atom stereocenters. The number of hydrogen-bond acceptors (Lipinski definition) is 0. The van der Waals surface area contributed by atoms with Crippen LogP contribution >= 0.6 is 15.9 Å². The van der Waals surface area contributed by atoms with E-state index in [0.29, 0.717) is 0 Å². The largest absolute Gasteiger partial charge is 0.0876 e. The Labute approximate surface area is 162 Å². The van der Waals surface area contributed by atoms with Gasteiger partial charge < -0.3 is 0 Å². The molecule has 1 aliphatic carbocycles. The van der Waals surface area contributed by atoms with Gasteiger partial charge in [-0.15, -0.1) is 0 Å². The first-order valence-electron chi connectivity index (χ1n) is 10.1. The maximum absolute atomic E-state index is 3.51. The third-order valence-electron chi connectivity index (χ3n) is 5.89. The minimum absolute atomic E-state index is 0.784. The van der Waals surface area contributed by atoms with Crippen molar-refractivity contribution in [2.24, 2.45) is 5.92 Å². The molecule has 0 N–H and O–H groups in total. The summed E-state index contributed by atoms with van der Waals surface area (Å²) in [5, 5.41) is 0.924. The van der Waals surface area contributed by atoms with E-state index in [1.807, 2.05) is 0 Å². The Hall–Kier alpha value is -1.08. The van der Waals surface area contributed by atoms with Gasteiger partial charge in [0.1, 0.15) is 0 Å². The lowest BCUT2D eigenvalue weighted by Crippen LogP contribution is -2.13. The first-order chi connectivity index (χ1) is 12.3. The molecule has 0 saturated heterocycles. The summed E-state index contributed by atoms with van der Waals surface area (Å²) in [6.07, 6.45) is 11.3. The topological polar surface area (TPSA) is 0 Å². The maximum Gasteiger partial charge on any atom is 0.0283 e. The van der Waals surface area contributed by atoms with E-state index < -0.39 is 0 Å². The van der Waals surface area contributed by atoms with Gasteiger partial charge in [0.25, 0.3) is 0 Å². The summed E-state index contributed by atoms with van der Waals surface area (Å²) in [5.74, 6) is 1.78. The number of hydrogen-bond donors (Lipinski definition) is 0. The van der Waals surface area contributed by atoms with Crippen LogP contribution in [0.5, 0.6) is 0 Å². The zero-order valence-corrected chi connectivity index (χ0v) is 17.1. The van der Waals surface area contributed by atoms with Gasteiger partial charge in [-0.05, 0) is 59.8 Å². The molecule has 0 unspecified atom stereocenters. The van der Waals surface area contributed by atoms with Gasteiger partial charge in [-0.1, -0.05) is 97.1 Å². The molecule has 2 aromatic rings. The quantitative estimate of drug-likeness (QED) is 0.326. The SMILES string of the molecule is CCCCC[C@H]1CC[C@H](c2ccc(-c3ccc(CBr)cc3)cc2)CC1. The average molecular weight is 399 g/mol. The van der Waals surface area contributed by atoms with E-state index in [4.69, 9.17) is 0 Å². The predicted octanol–water partition coefficient (Wildman–Crippen LogP) is 8.10. The van der Waals surface area contributed by atoms with Gasteiger partial charge in [0, 0.05) is 5.33 Å². The fourth-order valence-electron chi connectivity index (χ4n) is 4.20. The highest BCUT2D eigenvalue weighted by molar-refractivity contribution is 9.08. The van der Waals surface area contributed by atoms with Crippen molar-refractivity contribution in [2.45, 2.75) is 69.5 Å². The molecule has 2 aromatic carbocycles. The van der Waals surface area contributed by atoms with E-state index in [1.165, 1.54) is 68.1 Å². The lowest BCUT2D eigenvalue weighted by atomic mass is 9.77. The maximum atomic E-state index is 3.51. The van der Waals surface area contributed by atoms with Crippen LogP contribution in [0.2, 0.25) is 0 Å². The van der Waals surface area contributed by atoms with Crippen molar-refractivity contribution in [2.75, 3.05) is 0 Å². The van der Waals surface area contributed by atoms with Crippen molar-refractivity contribution in [1.29, 1.82) is 0 Å². The second-order valence-electron chi connectivity index (χ2n) is 7.67. The van der Waals surface area contributed by atoms with Crippen LogP contribution in [0.4, 0.5) is 0 Å². The van der Waals surface area contributed by atoms with Crippen LogP contribution in [-0.2, 0) is 5.33 Å². The molecule has 1 saturated carbocycles. The Bertz CT molecular complexity index is 618. The molecule has 0 bridgehead atoms. The molecule has 1 fully saturated rings. The Morgan fingerprint density at radius 3 is 1.96 bits per heavy atom. The van der Waals surface area contributed by atoms with Crippen LogP contribution in [0.3, 0.4) is 0 Å². The molecular weight excluding hydrogens is 368 g/mol. The summed E-state index contributed by atoms with van der Waals surface area (Å²) in [5.41, 5.74) is 5.53. The molecular formula is C24H31Br. The second kappa shape index (κ2) is 9.57. The molecule has 0 aliphatic heterocycles. The third-order valence-corrected chi connectivity index (χ3v) is 6.53. The van der Waals surface area contributed by atoms with E-state index in [0.717, 1.165) is 17.2 Å². The van der Waals surface area contributed by atoms with Gasteiger partial charge in [0.15, 0.2) is 0 Å². The van der Waals surface area contributed by atoms with Gasteiger partial charge in [-0.2, -0.15) is 0 Å². The Morgan fingerprint density at radius 2 is 1.40 bits per heavy atom. The van der Waals surface area contributed by atoms with Crippen LogP contribution < -0.4 is 0 Å². The number of alkyl halides is 1. The van der Waals surface area contributed by atoms with E-state index >= 15 is 0 Å². The smallest absolute Gasteiger partial charge is 0.0283 e. The molecule has 0 radical (unpaired) electrons. The average Bonchev–Trinajstić information content (AvgIpc) is 2.69. The third kappa shape index (κ3) is 5.20. The van der Waals surface area contributed by atoms with E-state index in [9.17, 15) is 0 Å². The van der Waals surface area contributed by atoms with Crippen LogP contribution in [0.25, 0.3) is 11.1 Å². The van der Waals surface area contributed by atoms with Crippen LogP contribution in [0.1, 0.15) is 75.3 Å². The standard InChI is InChI=1S/C24H31Br/c1-2-3-4-5-19-6-10-21(11-7-19)23-14-16-24(17-15-23)22-12-8-20(18-25)9-13-22/h8-9,12-17,19,21H,2-7,10-11,18H2,1H3/t19-,21-. The van der Waals surface area contributed by atoms with Crippen molar-refractivity contribution >= 4 is 15.9 Å². The van der Waals surface area contributed by atoms with Crippen molar-refractivity contribution in [3.63, 3.8) is 0 Å². The summed E-state index contributed by atoms with van der Waals surface area (Å²) >= 11 is 3.51. The number of unbranched alkanes of at least 4 members (excludes halogenated alkanes) is 2. The Morgan fingerprint density at radius 1 is 0.800 bits per heavy atom. The summed E-state index contributed by atoms with van der Waals surface area (Å²) < 4.78 is 0. The van der Waals surface area contributed by atoms with Crippen molar-refractivity contribution in [1.82, 2.24) is 0 Å². The van der Waals surface area contributed by atoms with Crippen LogP contribution in [0.15, 0.2) is 48.5 Å². The Balaban J connectivity index is 1.56. The fourth-order valence-corrected chi connectivity index (χ4v) is 4.58. The van der Waals surface area contributed by atoms with Crippen molar-refractivity contribution in [3.8, 4) is 11.1 Å². The van der Waals surface area contributed by atoms with Crippen molar-refractivity contribution in [3.05, 3.63) is 59.7 Å². The fraction of sp³-hybridized carbons (Fsp3) is 0.500. The first kappa shape index (κ1) is 18.7. The highest BCUT2D eigenvalue weighted by Crippen LogP contribution is 2.38. The van der Waals surface area contributed by atoms with E-state index in [-0.39, 0.29) is 0 Å².